The van der Waals surface area contributed by atoms with Crippen LogP contribution in [0.3, 0.4) is 0 Å². The highest BCUT2D eigenvalue weighted by Crippen LogP contribution is 2.26. The van der Waals surface area contributed by atoms with Crippen LogP contribution < -0.4 is 9.80 Å². The molecule has 5 rings (SSSR count). The predicted octanol–water partition coefficient (Wildman–Crippen LogP) is 4.39. The summed E-state index contributed by atoms with van der Waals surface area (Å²) in [4.78, 5) is 23.6. The lowest BCUT2D eigenvalue weighted by molar-refractivity contribution is 0.0697. The maximum absolute atomic E-state index is 13.1. The minimum Gasteiger partial charge on any atom is -0.478 e. The highest BCUT2D eigenvalue weighted by molar-refractivity contribution is 5.93. The summed E-state index contributed by atoms with van der Waals surface area (Å²) >= 11 is 0. The molecular formula is C24H21FN4O2. The molecule has 31 heavy (non-hydrogen) atoms. The topological polar surface area (TPSA) is 72.5 Å². The van der Waals surface area contributed by atoms with E-state index in [1.54, 1.807) is 18.2 Å². The van der Waals surface area contributed by atoms with Crippen molar-refractivity contribution in [3.8, 4) is 11.4 Å². The van der Waals surface area contributed by atoms with Crippen LogP contribution >= 0.6 is 0 Å². The van der Waals surface area contributed by atoms with E-state index in [0.717, 1.165) is 48.6 Å². The highest BCUT2D eigenvalue weighted by Gasteiger charge is 2.18. The lowest BCUT2D eigenvalue weighted by Crippen LogP contribution is -2.46. The van der Waals surface area contributed by atoms with Gasteiger partial charge in [0.2, 0.25) is 0 Å². The highest BCUT2D eigenvalue weighted by atomic mass is 19.1. The minimum atomic E-state index is -0.963. The Morgan fingerprint density at radius 3 is 2.03 bits per heavy atom. The van der Waals surface area contributed by atoms with E-state index >= 15 is 0 Å². The van der Waals surface area contributed by atoms with Gasteiger partial charge in [0.05, 0.1) is 16.6 Å². The van der Waals surface area contributed by atoms with Crippen molar-refractivity contribution in [1.82, 2.24) is 9.97 Å². The smallest absolute Gasteiger partial charge is 0.335 e. The van der Waals surface area contributed by atoms with Gasteiger partial charge >= 0.3 is 5.97 Å². The van der Waals surface area contributed by atoms with Gasteiger partial charge in [-0.25, -0.2) is 14.2 Å². The van der Waals surface area contributed by atoms with Crippen LogP contribution in [0.15, 0.2) is 66.7 Å². The minimum absolute atomic E-state index is 0.214. The molecule has 0 saturated carbocycles. The number of hydrogen-bond acceptors (Lipinski definition) is 4. The lowest BCUT2D eigenvalue weighted by Gasteiger charge is -2.37. The van der Waals surface area contributed by atoms with Crippen LogP contribution in [0, 0.1) is 5.82 Å². The number of carbonyl (C=O) groups is 1. The van der Waals surface area contributed by atoms with Gasteiger partial charge in [-0.15, -0.1) is 0 Å². The first-order valence-corrected chi connectivity index (χ1v) is 10.2. The molecule has 2 N–H and O–H groups in total. The third-order valence-corrected chi connectivity index (χ3v) is 5.71. The molecule has 0 amide bonds. The number of nitrogens with zero attached hydrogens (tertiary/aromatic N) is 3. The zero-order valence-corrected chi connectivity index (χ0v) is 16.8. The molecule has 0 aliphatic carbocycles. The Hall–Kier alpha value is -3.87. The fourth-order valence-electron chi connectivity index (χ4n) is 3.98. The van der Waals surface area contributed by atoms with Gasteiger partial charge in [0, 0.05) is 43.1 Å². The number of halogens is 1. The van der Waals surface area contributed by atoms with Crippen molar-refractivity contribution < 1.29 is 14.3 Å². The van der Waals surface area contributed by atoms with Crippen LogP contribution in [0.25, 0.3) is 22.4 Å². The number of rotatable bonds is 4. The molecule has 0 unspecified atom stereocenters. The van der Waals surface area contributed by atoms with Crippen molar-refractivity contribution >= 4 is 28.4 Å². The lowest BCUT2D eigenvalue weighted by atomic mass is 10.1. The second kappa shape index (κ2) is 7.75. The van der Waals surface area contributed by atoms with Gasteiger partial charge in [-0.3, -0.25) is 0 Å². The summed E-state index contributed by atoms with van der Waals surface area (Å²) in [5, 5.41) is 9.15. The first-order chi connectivity index (χ1) is 15.1. The number of aromatic nitrogens is 2. The molecular weight excluding hydrogens is 395 g/mol. The summed E-state index contributed by atoms with van der Waals surface area (Å²) in [6.07, 6.45) is 0. The van der Waals surface area contributed by atoms with E-state index in [-0.39, 0.29) is 11.4 Å². The van der Waals surface area contributed by atoms with Gasteiger partial charge in [0.15, 0.2) is 0 Å². The molecule has 1 aliphatic heterocycles. The third kappa shape index (κ3) is 3.82. The largest absolute Gasteiger partial charge is 0.478 e. The van der Waals surface area contributed by atoms with E-state index < -0.39 is 5.97 Å². The summed E-state index contributed by atoms with van der Waals surface area (Å²) < 4.78 is 13.1. The van der Waals surface area contributed by atoms with Crippen LogP contribution in [0.1, 0.15) is 10.4 Å². The van der Waals surface area contributed by atoms with Crippen molar-refractivity contribution in [2.75, 3.05) is 36.0 Å². The number of imidazole rings is 1. The first kappa shape index (κ1) is 19.1. The van der Waals surface area contributed by atoms with E-state index in [1.165, 1.54) is 12.1 Å². The van der Waals surface area contributed by atoms with Crippen molar-refractivity contribution in [3.05, 3.63) is 78.1 Å². The van der Waals surface area contributed by atoms with Crippen LogP contribution in [0.2, 0.25) is 0 Å². The molecule has 0 radical (unpaired) electrons. The summed E-state index contributed by atoms with van der Waals surface area (Å²) in [5.74, 6) is -0.463. The van der Waals surface area contributed by atoms with Crippen LogP contribution in [0.5, 0.6) is 0 Å². The average Bonchev–Trinajstić information content (AvgIpc) is 3.23. The second-order valence-corrected chi connectivity index (χ2v) is 7.62. The number of nitrogens with one attached hydrogen (secondary N) is 1. The van der Waals surface area contributed by atoms with Crippen LogP contribution in [-0.4, -0.2) is 47.2 Å². The van der Waals surface area contributed by atoms with Crippen molar-refractivity contribution in [2.45, 2.75) is 0 Å². The van der Waals surface area contributed by atoms with E-state index in [2.05, 4.69) is 31.9 Å². The van der Waals surface area contributed by atoms with Crippen molar-refractivity contribution in [2.24, 2.45) is 0 Å². The third-order valence-electron chi connectivity index (χ3n) is 5.71. The molecule has 6 nitrogen and oxygen atoms in total. The number of carboxylic acid groups (broad SMARTS) is 1. The van der Waals surface area contributed by atoms with E-state index in [0.29, 0.717) is 11.3 Å². The summed E-state index contributed by atoms with van der Waals surface area (Å²) in [5.41, 5.74) is 4.80. The maximum Gasteiger partial charge on any atom is 0.335 e. The van der Waals surface area contributed by atoms with Gasteiger partial charge in [-0.2, -0.15) is 0 Å². The van der Waals surface area contributed by atoms with Crippen LogP contribution in [-0.2, 0) is 0 Å². The molecule has 4 aromatic rings. The summed E-state index contributed by atoms with van der Waals surface area (Å²) in [6.45, 7) is 3.53. The van der Waals surface area contributed by atoms with Gasteiger partial charge in [-0.1, -0.05) is 0 Å². The van der Waals surface area contributed by atoms with Gasteiger partial charge in [0.1, 0.15) is 11.6 Å². The van der Waals surface area contributed by atoms with E-state index in [9.17, 15) is 9.18 Å². The van der Waals surface area contributed by atoms with Gasteiger partial charge in [-0.05, 0) is 66.7 Å². The first-order valence-electron chi connectivity index (χ1n) is 10.2. The molecule has 1 fully saturated rings. The molecule has 1 aliphatic rings. The standard InChI is InChI=1S/C24H21FN4O2/c25-18-4-8-20(9-5-18)29-13-11-28(12-14-29)19-6-1-16(2-7-19)23-26-21-10-3-17(24(30)31)15-22(21)27-23/h1-10,15H,11-14H2,(H,26,27)(H,30,31). The number of fused-ring (bicyclic) bond motifs is 1. The Labute approximate surface area is 178 Å². The summed E-state index contributed by atoms with van der Waals surface area (Å²) in [7, 11) is 0. The molecule has 0 bridgehead atoms. The Morgan fingerprint density at radius 1 is 0.871 bits per heavy atom. The Kier molecular flexibility index (Phi) is 4.78. The monoisotopic (exact) mass is 416 g/mol. The SMILES string of the molecule is O=C(O)c1ccc2[nH]c(-c3ccc(N4CCN(c5ccc(F)cc5)CC4)cc3)nc2c1. The van der Waals surface area contributed by atoms with Crippen molar-refractivity contribution in [1.29, 1.82) is 0 Å². The summed E-state index contributed by atoms with van der Waals surface area (Å²) in [6, 6.07) is 19.8. The number of aromatic amines is 1. The molecule has 1 aromatic heterocycles. The molecule has 1 saturated heterocycles. The number of carboxylic acids is 1. The fourth-order valence-corrected chi connectivity index (χ4v) is 3.98. The number of hydrogen-bond donors (Lipinski definition) is 2. The van der Waals surface area contributed by atoms with Gasteiger partial charge in [0.25, 0.3) is 0 Å². The number of H-pyrrole nitrogens is 1. The van der Waals surface area contributed by atoms with Gasteiger partial charge < -0.3 is 19.9 Å². The van der Waals surface area contributed by atoms with Crippen LogP contribution in [0.4, 0.5) is 15.8 Å². The molecule has 3 aromatic carbocycles. The number of benzene rings is 3. The Bertz CT molecular complexity index is 1230. The maximum atomic E-state index is 13.1. The average molecular weight is 416 g/mol. The predicted molar refractivity (Wildman–Crippen MR) is 119 cm³/mol. The van der Waals surface area contributed by atoms with E-state index in [1.807, 2.05) is 24.3 Å². The molecule has 7 heteroatoms. The quantitative estimate of drug-likeness (QED) is 0.516. The molecule has 0 spiro atoms. The number of piperazine rings is 1. The molecule has 2 heterocycles. The number of aromatic carboxylic acids is 1. The number of anilines is 2. The Balaban J connectivity index is 1.29. The second-order valence-electron chi connectivity index (χ2n) is 7.62. The van der Waals surface area contributed by atoms with Crippen molar-refractivity contribution in [3.63, 3.8) is 0 Å². The zero-order chi connectivity index (χ0) is 21.4. The molecule has 0 atom stereocenters. The normalized spacial score (nSPS) is 14.2. The fraction of sp³-hybridized carbons (Fsp3) is 0.167. The molecule has 156 valence electrons. The van der Waals surface area contributed by atoms with E-state index in [4.69, 9.17) is 5.11 Å². The Morgan fingerprint density at radius 2 is 1.45 bits per heavy atom. The zero-order valence-electron chi connectivity index (χ0n) is 16.8.